The Bertz CT molecular complexity index is 231. The van der Waals surface area contributed by atoms with Crippen LogP contribution in [0.25, 0.3) is 0 Å². The van der Waals surface area contributed by atoms with E-state index in [1.807, 2.05) is 0 Å². The summed E-state index contributed by atoms with van der Waals surface area (Å²) in [5.41, 5.74) is 0. The Labute approximate surface area is 79.0 Å². The van der Waals surface area contributed by atoms with Crippen molar-refractivity contribution in [3.63, 3.8) is 0 Å². The third-order valence-electron chi connectivity index (χ3n) is 1.66. The van der Waals surface area contributed by atoms with Crippen molar-refractivity contribution in [3.05, 3.63) is 0 Å². The van der Waals surface area contributed by atoms with Crippen LogP contribution in [0.4, 0.5) is 0 Å². The van der Waals surface area contributed by atoms with Crippen LogP contribution in [0.5, 0.6) is 0 Å². The number of carbonyl (C=O) groups excluding carboxylic acids is 2. The number of nitrogens with one attached hydrogen (secondary N) is 1. The van der Waals surface area contributed by atoms with Crippen LogP contribution >= 0.6 is 0 Å². The first-order chi connectivity index (χ1) is 6.00. The highest BCUT2D eigenvalue weighted by molar-refractivity contribution is 7.90. The Balaban J connectivity index is 2.56. The molecule has 1 aliphatic heterocycles. The summed E-state index contributed by atoms with van der Waals surface area (Å²) in [5, 5.41) is 2.44. The van der Waals surface area contributed by atoms with Gasteiger partial charge in [0.2, 0.25) is 0 Å². The second-order valence-corrected chi connectivity index (χ2v) is 4.36. The molecule has 1 unspecified atom stereocenters. The van der Waals surface area contributed by atoms with Crippen molar-refractivity contribution < 1.29 is 18.9 Å². The van der Waals surface area contributed by atoms with E-state index in [-0.39, 0.29) is 11.7 Å². The number of cyclic esters (lactones) is 1. The van der Waals surface area contributed by atoms with E-state index in [1.165, 1.54) is 13.2 Å². The van der Waals surface area contributed by atoms with Gasteiger partial charge in [0.1, 0.15) is 5.75 Å². The lowest BCUT2D eigenvalue weighted by Gasteiger charge is -2.25. The van der Waals surface area contributed by atoms with Gasteiger partial charge in [0.15, 0.2) is 12.1 Å². The molecular formula is C7H11NO4S. The molecule has 1 amide bonds. The molecule has 1 fully saturated rings. The van der Waals surface area contributed by atoms with Gasteiger partial charge in [0.25, 0.3) is 5.91 Å². The van der Waals surface area contributed by atoms with Crippen LogP contribution in [0.1, 0.15) is 6.92 Å². The summed E-state index contributed by atoms with van der Waals surface area (Å²) in [6.07, 6.45) is 0.728. The average Bonchev–Trinajstić information content (AvgIpc) is 1.99. The fourth-order valence-electron chi connectivity index (χ4n) is 1.00. The second-order valence-electron chi connectivity index (χ2n) is 2.88. The van der Waals surface area contributed by atoms with Crippen molar-refractivity contribution in [3.8, 4) is 0 Å². The number of morpholine rings is 1. The predicted octanol–water partition coefficient (Wildman–Crippen LogP) is -1.20. The highest BCUT2D eigenvalue weighted by Crippen LogP contribution is 2.05. The van der Waals surface area contributed by atoms with Crippen LogP contribution in [-0.4, -0.2) is 40.6 Å². The minimum absolute atomic E-state index is 0.108. The fraction of sp³-hybridized carbons (Fsp3) is 0.714. The molecule has 0 radical (unpaired) electrons. The molecule has 74 valence electrons. The molecule has 1 aliphatic rings. The van der Waals surface area contributed by atoms with E-state index >= 15 is 0 Å². The Kier molecular flexibility index (Phi) is 3.16. The lowest BCUT2D eigenvalue weighted by molar-refractivity contribution is -0.163. The van der Waals surface area contributed by atoms with E-state index < -0.39 is 29.3 Å². The van der Waals surface area contributed by atoms with Crippen LogP contribution in [-0.2, 0) is 25.5 Å². The molecule has 1 N–H and O–H groups in total. The third-order valence-corrected chi connectivity index (χ3v) is 2.47. The van der Waals surface area contributed by atoms with Gasteiger partial charge < -0.3 is 14.6 Å². The van der Waals surface area contributed by atoms with E-state index in [4.69, 9.17) is 4.74 Å². The van der Waals surface area contributed by atoms with Gasteiger partial charge in [0.05, 0.1) is 6.26 Å². The predicted molar refractivity (Wildman–Crippen MR) is 46.4 cm³/mol. The summed E-state index contributed by atoms with van der Waals surface area (Å²) in [7, 11) is 0. The fourth-order valence-corrected chi connectivity index (χ4v) is 1.69. The van der Waals surface area contributed by atoms with E-state index in [0.717, 1.165) is 0 Å². The van der Waals surface area contributed by atoms with Gasteiger partial charge in [-0.25, -0.2) is 4.79 Å². The summed E-state index contributed by atoms with van der Waals surface area (Å²) in [6.45, 7) is 1.49. The SMILES string of the molecule is C[C@H]1OC(=O)[C@H](C[S+](C)[O-])NC1=O. The van der Waals surface area contributed by atoms with E-state index in [0.29, 0.717) is 0 Å². The molecule has 3 atom stereocenters. The Morgan fingerprint density at radius 1 is 1.62 bits per heavy atom. The lowest BCUT2D eigenvalue weighted by Crippen LogP contribution is -2.55. The second kappa shape index (κ2) is 3.97. The van der Waals surface area contributed by atoms with Crippen molar-refractivity contribution in [2.45, 2.75) is 19.1 Å². The smallest absolute Gasteiger partial charge is 0.334 e. The maximum Gasteiger partial charge on any atom is 0.334 e. The van der Waals surface area contributed by atoms with Gasteiger partial charge in [0, 0.05) is 0 Å². The number of hydrogen-bond donors (Lipinski definition) is 1. The molecular weight excluding hydrogens is 194 g/mol. The molecule has 1 heterocycles. The molecule has 0 aromatic carbocycles. The number of esters is 1. The largest absolute Gasteiger partial charge is 0.616 e. The maximum atomic E-state index is 11.1. The Hall–Kier alpha value is -0.750. The molecule has 6 heteroatoms. The Morgan fingerprint density at radius 2 is 2.23 bits per heavy atom. The topological polar surface area (TPSA) is 78.5 Å². The first kappa shape index (κ1) is 10.3. The minimum atomic E-state index is -1.13. The molecule has 0 aromatic rings. The molecule has 0 aromatic heterocycles. The van der Waals surface area contributed by atoms with Crippen LogP contribution in [0.15, 0.2) is 0 Å². The van der Waals surface area contributed by atoms with Crippen LogP contribution in [0.2, 0.25) is 0 Å². The van der Waals surface area contributed by atoms with Crippen molar-refractivity contribution in [2.75, 3.05) is 12.0 Å². The maximum absolute atomic E-state index is 11.1. The summed E-state index contributed by atoms with van der Waals surface area (Å²) in [6, 6.07) is -0.755. The average molecular weight is 205 g/mol. The molecule has 13 heavy (non-hydrogen) atoms. The summed E-state index contributed by atoms with van der Waals surface area (Å²) >= 11 is -1.13. The van der Waals surface area contributed by atoms with Gasteiger partial charge in [-0.15, -0.1) is 0 Å². The Morgan fingerprint density at radius 3 is 2.77 bits per heavy atom. The van der Waals surface area contributed by atoms with E-state index in [2.05, 4.69) is 5.32 Å². The van der Waals surface area contributed by atoms with Gasteiger partial charge in [-0.2, -0.15) is 0 Å². The standard InChI is InChI=1S/C7H11NO4S/c1-4-6(9)8-5(3-13(2)11)7(10)12-4/h4-5H,3H2,1-2H3,(H,8,9)/t4-,5+,13?/m1/s1. The molecule has 1 saturated heterocycles. The zero-order valence-electron chi connectivity index (χ0n) is 7.40. The first-order valence-electron chi connectivity index (χ1n) is 3.81. The third kappa shape index (κ3) is 2.60. The van der Waals surface area contributed by atoms with Crippen LogP contribution in [0.3, 0.4) is 0 Å². The zero-order valence-corrected chi connectivity index (χ0v) is 8.22. The normalized spacial score (nSPS) is 30.7. The molecule has 0 aliphatic carbocycles. The number of hydrogen-bond acceptors (Lipinski definition) is 4. The molecule has 5 nitrogen and oxygen atoms in total. The van der Waals surface area contributed by atoms with Gasteiger partial charge >= 0.3 is 5.97 Å². The number of carbonyl (C=O) groups is 2. The number of rotatable bonds is 2. The van der Waals surface area contributed by atoms with Gasteiger partial charge in [-0.05, 0) is 6.92 Å². The van der Waals surface area contributed by atoms with Crippen LogP contribution in [0, 0.1) is 0 Å². The number of ether oxygens (including phenoxy) is 1. The zero-order chi connectivity index (χ0) is 10.0. The molecule has 1 rings (SSSR count). The summed E-state index contributed by atoms with van der Waals surface area (Å²) in [4.78, 5) is 22.2. The van der Waals surface area contributed by atoms with Crippen molar-refractivity contribution in [1.82, 2.24) is 5.32 Å². The molecule has 0 bridgehead atoms. The summed E-state index contributed by atoms with van der Waals surface area (Å²) < 4.78 is 15.5. The van der Waals surface area contributed by atoms with Crippen molar-refractivity contribution in [1.29, 1.82) is 0 Å². The van der Waals surface area contributed by atoms with Crippen molar-refractivity contribution in [2.24, 2.45) is 0 Å². The number of amides is 1. The van der Waals surface area contributed by atoms with Crippen LogP contribution < -0.4 is 5.32 Å². The van der Waals surface area contributed by atoms with Gasteiger partial charge in [-0.1, -0.05) is 11.2 Å². The highest BCUT2D eigenvalue weighted by Gasteiger charge is 2.35. The van der Waals surface area contributed by atoms with E-state index in [1.54, 1.807) is 0 Å². The van der Waals surface area contributed by atoms with Gasteiger partial charge in [-0.3, -0.25) is 4.79 Å². The van der Waals surface area contributed by atoms with E-state index in [9.17, 15) is 14.1 Å². The summed E-state index contributed by atoms with van der Waals surface area (Å²) in [5.74, 6) is -0.741. The lowest BCUT2D eigenvalue weighted by atomic mass is 10.2. The first-order valence-corrected chi connectivity index (χ1v) is 5.54. The highest BCUT2D eigenvalue weighted by atomic mass is 32.2. The minimum Gasteiger partial charge on any atom is -0.616 e. The molecule has 0 spiro atoms. The molecule has 0 saturated carbocycles. The van der Waals surface area contributed by atoms with Crippen molar-refractivity contribution >= 4 is 23.1 Å². The monoisotopic (exact) mass is 205 g/mol. The quantitative estimate of drug-likeness (QED) is 0.453.